The topological polar surface area (TPSA) is 41.1 Å². The number of hydrogen-bond donors (Lipinski definition) is 2. The molecule has 0 bridgehead atoms. The molecule has 17 heavy (non-hydrogen) atoms. The molecule has 0 atom stereocenters. The van der Waals surface area contributed by atoms with E-state index >= 15 is 0 Å². The second-order valence-electron chi connectivity index (χ2n) is 3.93. The maximum absolute atomic E-state index is 11.8. The Morgan fingerprint density at radius 3 is 2.82 bits per heavy atom. The number of aryl methyl sites for hydroxylation is 1. The van der Waals surface area contributed by atoms with Crippen LogP contribution in [0.3, 0.4) is 0 Å². The molecule has 1 amide bonds. The molecule has 92 valence electrons. The number of carbonyl (C=O) groups is 1. The molecule has 0 aliphatic heterocycles. The standard InChI is InChI=1S/C13H18N2OS/c1-3-4-8-14-13(17)15-12(16)11-7-5-6-10(2)9-11/h5-7,9H,3-4,8H2,1-2H3,(H2,14,15,16,17). The van der Waals surface area contributed by atoms with Crippen molar-refractivity contribution in [3.05, 3.63) is 35.4 Å². The van der Waals surface area contributed by atoms with Crippen LogP contribution in [0.15, 0.2) is 24.3 Å². The van der Waals surface area contributed by atoms with E-state index in [1.54, 1.807) is 6.07 Å². The van der Waals surface area contributed by atoms with E-state index in [4.69, 9.17) is 12.2 Å². The second-order valence-corrected chi connectivity index (χ2v) is 4.34. The van der Waals surface area contributed by atoms with Gasteiger partial charge in [0, 0.05) is 12.1 Å². The van der Waals surface area contributed by atoms with Gasteiger partial charge in [-0.3, -0.25) is 10.1 Å². The van der Waals surface area contributed by atoms with E-state index in [1.165, 1.54) is 0 Å². The average Bonchev–Trinajstić information content (AvgIpc) is 2.29. The van der Waals surface area contributed by atoms with Crippen LogP contribution in [0, 0.1) is 6.92 Å². The van der Waals surface area contributed by atoms with Gasteiger partial charge in [0.1, 0.15) is 0 Å². The first-order chi connectivity index (χ1) is 8.13. The SMILES string of the molecule is CCCCNC(=S)NC(=O)c1cccc(C)c1. The van der Waals surface area contributed by atoms with Crippen molar-refractivity contribution in [3.63, 3.8) is 0 Å². The van der Waals surface area contributed by atoms with Crippen LogP contribution in [0.5, 0.6) is 0 Å². The Balaban J connectivity index is 2.46. The van der Waals surface area contributed by atoms with Crippen LogP contribution in [-0.4, -0.2) is 17.6 Å². The summed E-state index contributed by atoms with van der Waals surface area (Å²) in [5.41, 5.74) is 1.69. The second kappa shape index (κ2) is 7.01. The van der Waals surface area contributed by atoms with E-state index in [1.807, 2.05) is 25.1 Å². The Morgan fingerprint density at radius 2 is 2.18 bits per heavy atom. The smallest absolute Gasteiger partial charge is 0.257 e. The first-order valence-corrected chi connectivity index (χ1v) is 6.20. The van der Waals surface area contributed by atoms with Crippen LogP contribution in [0.25, 0.3) is 0 Å². The molecule has 1 aromatic rings. The molecule has 0 aromatic heterocycles. The number of rotatable bonds is 4. The minimum atomic E-state index is -0.164. The van der Waals surface area contributed by atoms with Crippen LogP contribution >= 0.6 is 12.2 Å². The molecule has 0 radical (unpaired) electrons. The average molecular weight is 250 g/mol. The fourth-order valence-corrected chi connectivity index (χ4v) is 1.58. The van der Waals surface area contributed by atoms with Gasteiger partial charge in [-0.05, 0) is 37.7 Å². The molecule has 3 nitrogen and oxygen atoms in total. The maximum Gasteiger partial charge on any atom is 0.257 e. The Bertz CT molecular complexity index is 404. The van der Waals surface area contributed by atoms with Crippen LogP contribution < -0.4 is 10.6 Å². The first-order valence-electron chi connectivity index (χ1n) is 5.79. The Labute approximate surface area is 108 Å². The quantitative estimate of drug-likeness (QED) is 0.637. The van der Waals surface area contributed by atoms with Gasteiger partial charge in [-0.1, -0.05) is 31.0 Å². The summed E-state index contributed by atoms with van der Waals surface area (Å²) in [5.74, 6) is -0.164. The maximum atomic E-state index is 11.8. The van der Waals surface area contributed by atoms with E-state index < -0.39 is 0 Å². The van der Waals surface area contributed by atoms with Crippen molar-refractivity contribution in [2.75, 3.05) is 6.54 Å². The Kier molecular flexibility index (Phi) is 5.63. The number of unbranched alkanes of at least 4 members (excludes halogenated alkanes) is 1. The van der Waals surface area contributed by atoms with E-state index in [0.717, 1.165) is 24.9 Å². The molecule has 0 fully saturated rings. The van der Waals surface area contributed by atoms with Gasteiger partial charge < -0.3 is 5.32 Å². The summed E-state index contributed by atoms with van der Waals surface area (Å²) in [6.07, 6.45) is 2.14. The highest BCUT2D eigenvalue weighted by Gasteiger charge is 2.06. The Hall–Kier alpha value is -1.42. The molecule has 1 rings (SSSR count). The van der Waals surface area contributed by atoms with Gasteiger partial charge in [0.05, 0.1) is 0 Å². The van der Waals surface area contributed by atoms with Crippen molar-refractivity contribution < 1.29 is 4.79 Å². The molecule has 0 saturated heterocycles. The lowest BCUT2D eigenvalue weighted by Gasteiger charge is -2.09. The van der Waals surface area contributed by atoms with Gasteiger partial charge in [-0.15, -0.1) is 0 Å². The van der Waals surface area contributed by atoms with Gasteiger partial charge in [0.15, 0.2) is 5.11 Å². The molecular weight excluding hydrogens is 232 g/mol. The van der Waals surface area contributed by atoms with Crippen molar-refractivity contribution in [2.24, 2.45) is 0 Å². The van der Waals surface area contributed by atoms with E-state index in [2.05, 4.69) is 17.6 Å². The minimum Gasteiger partial charge on any atom is -0.362 e. The van der Waals surface area contributed by atoms with Crippen LogP contribution in [0.4, 0.5) is 0 Å². The predicted molar refractivity (Wildman–Crippen MR) is 74.2 cm³/mol. The summed E-state index contributed by atoms with van der Waals surface area (Å²) in [7, 11) is 0. The van der Waals surface area contributed by atoms with Gasteiger partial charge >= 0.3 is 0 Å². The summed E-state index contributed by atoms with van der Waals surface area (Å²) in [4.78, 5) is 11.8. The number of benzene rings is 1. The highest BCUT2D eigenvalue weighted by Crippen LogP contribution is 2.03. The number of nitrogens with one attached hydrogen (secondary N) is 2. The molecule has 0 unspecified atom stereocenters. The van der Waals surface area contributed by atoms with Crippen molar-refractivity contribution in [2.45, 2.75) is 26.7 Å². The monoisotopic (exact) mass is 250 g/mol. The molecule has 1 aromatic carbocycles. The van der Waals surface area contributed by atoms with Crippen LogP contribution in [0.1, 0.15) is 35.7 Å². The van der Waals surface area contributed by atoms with Crippen molar-refractivity contribution >= 4 is 23.2 Å². The van der Waals surface area contributed by atoms with Gasteiger partial charge in [0.2, 0.25) is 0 Å². The van der Waals surface area contributed by atoms with Gasteiger partial charge in [-0.25, -0.2) is 0 Å². The molecule has 4 heteroatoms. The van der Waals surface area contributed by atoms with Crippen LogP contribution in [0.2, 0.25) is 0 Å². The minimum absolute atomic E-state index is 0.164. The summed E-state index contributed by atoms with van der Waals surface area (Å²) in [6.45, 7) is 4.86. The summed E-state index contributed by atoms with van der Waals surface area (Å²) >= 11 is 5.03. The van der Waals surface area contributed by atoms with Gasteiger partial charge in [0.25, 0.3) is 5.91 Å². The highest BCUT2D eigenvalue weighted by molar-refractivity contribution is 7.80. The van der Waals surface area contributed by atoms with Crippen molar-refractivity contribution in [1.29, 1.82) is 0 Å². The fraction of sp³-hybridized carbons (Fsp3) is 0.385. The molecule has 0 saturated carbocycles. The zero-order valence-electron chi connectivity index (χ0n) is 10.2. The van der Waals surface area contributed by atoms with Crippen LogP contribution in [-0.2, 0) is 0 Å². The molecule has 0 spiro atoms. The summed E-state index contributed by atoms with van der Waals surface area (Å²) < 4.78 is 0. The Morgan fingerprint density at radius 1 is 1.41 bits per heavy atom. The molecule has 0 aliphatic carbocycles. The molecule has 2 N–H and O–H groups in total. The zero-order valence-corrected chi connectivity index (χ0v) is 11.1. The summed E-state index contributed by atoms with van der Waals surface area (Å²) in [5, 5.41) is 6.06. The lowest BCUT2D eigenvalue weighted by molar-refractivity contribution is 0.0976. The van der Waals surface area contributed by atoms with E-state index in [-0.39, 0.29) is 5.91 Å². The number of thiocarbonyl (C=S) groups is 1. The van der Waals surface area contributed by atoms with Crippen molar-refractivity contribution in [1.82, 2.24) is 10.6 Å². The van der Waals surface area contributed by atoms with E-state index in [0.29, 0.717) is 10.7 Å². The lowest BCUT2D eigenvalue weighted by Crippen LogP contribution is -2.39. The molecule has 0 aliphatic rings. The number of hydrogen-bond acceptors (Lipinski definition) is 2. The number of amides is 1. The third-order valence-electron chi connectivity index (χ3n) is 2.32. The third-order valence-corrected chi connectivity index (χ3v) is 2.57. The summed E-state index contributed by atoms with van der Waals surface area (Å²) in [6, 6.07) is 7.42. The van der Waals surface area contributed by atoms with E-state index in [9.17, 15) is 4.79 Å². The highest BCUT2D eigenvalue weighted by atomic mass is 32.1. The largest absolute Gasteiger partial charge is 0.362 e. The third kappa shape index (κ3) is 4.95. The molecular formula is C13H18N2OS. The zero-order chi connectivity index (χ0) is 12.7. The van der Waals surface area contributed by atoms with Crippen molar-refractivity contribution in [3.8, 4) is 0 Å². The molecule has 0 heterocycles. The normalized spacial score (nSPS) is 9.76. The number of carbonyl (C=O) groups excluding carboxylic acids is 1. The predicted octanol–water partition coefficient (Wildman–Crippen LogP) is 2.40. The first kappa shape index (κ1) is 13.6. The van der Waals surface area contributed by atoms with Gasteiger partial charge in [-0.2, -0.15) is 0 Å². The fourth-order valence-electron chi connectivity index (χ4n) is 1.38. The lowest BCUT2D eigenvalue weighted by atomic mass is 10.1.